The SMILES string of the molecule is CC(C)[C@H](N)C(=O)N1CCCC1C(=O)NC[C@@H](c1ccccc1)c1ccccn1.Cl.Cl. The third-order valence-electron chi connectivity index (χ3n) is 5.57. The van der Waals surface area contributed by atoms with Crippen molar-refractivity contribution in [3.8, 4) is 0 Å². The van der Waals surface area contributed by atoms with E-state index in [9.17, 15) is 9.59 Å². The number of pyridine rings is 1. The highest BCUT2D eigenvalue weighted by molar-refractivity contribution is 5.90. The second-order valence-electron chi connectivity index (χ2n) is 7.92. The summed E-state index contributed by atoms with van der Waals surface area (Å²) in [4.78, 5) is 31.8. The number of aromatic nitrogens is 1. The highest BCUT2D eigenvalue weighted by Gasteiger charge is 2.37. The summed E-state index contributed by atoms with van der Waals surface area (Å²) in [6.45, 7) is 4.85. The molecule has 1 aliphatic heterocycles. The van der Waals surface area contributed by atoms with Gasteiger partial charge in [0.2, 0.25) is 11.8 Å². The van der Waals surface area contributed by atoms with Gasteiger partial charge in [-0.2, -0.15) is 0 Å². The molecular formula is C23H32Cl2N4O2. The zero-order chi connectivity index (χ0) is 20.8. The minimum Gasteiger partial charge on any atom is -0.353 e. The number of nitrogens with one attached hydrogen (secondary N) is 1. The largest absolute Gasteiger partial charge is 0.353 e. The maximum Gasteiger partial charge on any atom is 0.242 e. The monoisotopic (exact) mass is 466 g/mol. The molecule has 3 atom stereocenters. The van der Waals surface area contributed by atoms with Crippen LogP contribution in [0, 0.1) is 5.92 Å². The molecule has 0 bridgehead atoms. The number of halogens is 2. The van der Waals surface area contributed by atoms with E-state index in [0.717, 1.165) is 17.7 Å². The molecule has 0 radical (unpaired) electrons. The Bertz CT molecular complexity index is 781. The normalized spacial score (nSPS) is 17.3. The number of amides is 2. The lowest BCUT2D eigenvalue weighted by atomic mass is 9.95. The molecule has 31 heavy (non-hydrogen) atoms. The van der Waals surface area contributed by atoms with Crippen LogP contribution in [0.3, 0.4) is 0 Å². The fraction of sp³-hybridized carbons (Fsp3) is 0.435. The lowest BCUT2D eigenvalue weighted by Crippen LogP contribution is -2.53. The van der Waals surface area contributed by atoms with Crippen molar-refractivity contribution in [2.75, 3.05) is 13.1 Å². The van der Waals surface area contributed by atoms with E-state index in [2.05, 4.69) is 10.3 Å². The number of carbonyl (C=O) groups excluding carboxylic acids is 2. The standard InChI is InChI=1S/C23H30N4O2.2ClH/c1-16(2)21(24)23(29)27-14-8-12-20(27)22(28)26-15-18(17-9-4-3-5-10-17)19-11-6-7-13-25-19;;/h3-7,9-11,13,16,18,20-21H,8,12,14-15,24H2,1-2H3,(H,26,28);2*1H/t18-,20?,21-;;/m0../s1. The van der Waals surface area contributed by atoms with Crippen LogP contribution in [-0.2, 0) is 9.59 Å². The van der Waals surface area contributed by atoms with Gasteiger partial charge in [0.25, 0.3) is 0 Å². The highest BCUT2D eigenvalue weighted by atomic mass is 35.5. The van der Waals surface area contributed by atoms with Crippen molar-refractivity contribution in [2.45, 2.75) is 44.7 Å². The zero-order valence-electron chi connectivity index (χ0n) is 17.9. The van der Waals surface area contributed by atoms with E-state index in [1.807, 2.05) is 62.4 Å². The molecule has 1 aromatic carbocycles. The molecule has 1 aromatic heterocycles. The summed E-state index contributed by atoms with van der Waals surface area (Å²) >= 11 is 0. The summed E-state index contributed by atoms with van der Waals surface area (Å²) in [6, 6.07) is 14.8. The van der Waals surface area contributed by atoms with Crippen LogP contribution >= 0.6 is 24.8 Å². The molecule has 1 saturated heterocycles. The molecular weight excluding hydrogens is 435 g/mol. The number of carbonyl (C=O) groups is 2. The number of benzene rings is 1. The van der Waals surface area contributed by atoms with Crippen LogP contribution in [0.5, 0.6) is 0 Å². The van der Waals surface area contributed by atoms with Crippen LogP contribution in [0.25, 0.3) is 0 Å². The van der Waals surface area contributed by atoms with Gasteiger partial charge in [0.05, 0.1) is 6.04 Å². The van der Waals surface area contributed by atoms with E-state index in [-0.39, 0.29) is 48.5 Å². The maximum atomic E-state index is 13.0. The molecule has 0 spiro atoms. The van der Waals surface area contributed by atoms with Crippen LogP contribution in [0.1, 0.15) is 43.9 Å². The topological polar surface area (TPSA) is 88.3 Å². The molecule has 2 heterocycles. The Hall–Kier alpha value is -2.15. The van der Waals surface area contributed by atoms with Crippen molar-refractivity contribution < 1.29 is 9.59 Å². The van der Waals surface area contributed by atoms with Crippen molar-refractivity contribution in [3.05, 3.63) is 66.0 Å². The zero-order valence-corrected chi connectivity index (χ0v) is 19.6. The van der Waals surface area contributed by atoms with Gasteiger partial charge in [-0.1, -0.05) is 50.2 Å². The van der Waals surface area contributed by atoms with Gasteiger partial charge >= 0.3 is 0 Å². The summed E-state index contributed by atoms with van der Waals surface area (Å²) in [7, 11) is 0. The van der Waals surface area contributed by atoms with Gasteiger partial charge in [-0.3, -0.25) is 14.6 Å². The molecule has 6 nitrogen and oxygen atoms in total. The predicted molar refractivity (Wildman–Crippen MR) is 128 cm³/mol. The van der Waals surface area contributed by atoms with E-state index in [0.29, 0.717) is 19.5 Å². The first kappa shape index (κ1) is 26.9. The van der Waals surface area contributed by atoms with Gasteiger partial charge in [-0.05, 0) is 36.5 Å². The van der Waals surface area contributed by atoms with Crippen LogP contribution < -0.4 is 11.1 Å². The molecule has 170 valence electrons. The average Bonchev–Trinajstić information content (AvgIpc) is 3.24. The predicted octanol–water partition coefficient (Wildman–Crippen LogP) is 3.15. The maximum absolute atomic E-state index is 13.0. The summed E-state index contributed by atoms with van der Waals surface area (Å²) in [6.07, 6.45) is 3.25. The first-order valence-corrected chi connectivity index (χ1v) is 10.3. The number of hydrogen-bond donors (Lipinski definition) is 2. The Balaban J connectivity index is 0.00000240. The molecule has 2 aromatic rings. The smallest absolute Gasteiger partial charge is 0.242 e. The molecule has 0 saturated carbocycles. The minimum absolute atomic E-state index is 0. The first-order chi connectivity index (χ1) is 14.0. The molecule has 1 aliphatic rings. The van der Waals surface area contributed by atoms with Gasteiger partial charge in [0, 0.05) is 30.9 Å². The summed E-state index contributed by atoms with van der Waals surface area (Å²) < 4.78 is 0. The van der Waals surface area contributed by atoms with Crippen LogP contribution in [0.2, 0.25) is 0 Å². The van der Waals surface area contributed by atoms with Gasteiger partial charge in [0.15, 0.2) is 0 Å². The van der Waals surface area contributed by atoms with E-state index in [1.165, 1.54) is 0 Å². The lowest BCUT2D eigenvalue weighted by molar-refractivity contribution is -0.140. The quantitative estimate of drug-likeness (QED) is 0.655. The number of likely N-dealkylation sites (tertiary alicyclic amines) is 1. The fourth-order valence-electron chi connectivity index (χ4n) is 3.76. The molecule has 1 unspecified atom stereocenters. The Morgan fingerprint density at radius 2 is 1.81 bits per heavy atom. The second-order valence-corrected chi connectivity index (χ2v) is 7.92. The third kappa shape index (κ3) is 6.66. The Kier molecular flexibility index (Phi) is 11.0. The molecule has 3 N–H and O–H groups in total. The number of nitrogens with zero attached hydrogens (tertiary/aromatic N) is 2. The molecule has 3 rings (SSSR count). The number of hydrogen-bond acceptors (Lipinski definition) is 4. The van der Waals surface area contributed by atoms with Crippen molar-refractivity contribution >= 4 is 36.6 Å². The minimum atomic E-state index is -0.575. The van der Waals surface area contributed by atoms with E-state index < -0.39 is 12.1 Å². The molecule has 2 amide bonds. The Morgan fingerprint density at radius 1 is 1.13 bits per heavy atom. The van der Waals surface area contributed by atoms with Crippen molar-refractivity contribution in [3.63, 3.8) is 0 Å². The van der Waals surface area contributed by atoms with Crippen molar-refractivity contribution in [1.82, 2.24) is 15.2 Å². The molecule has 0 aliphatic carbocycles. The molecule has 1 fully saturated rings. The molecule has 8 heteroatoms. The van der Waals surface area contributed by atoms with Gasteiger partial charge in [-0.15, -0.1) is 24.8 Å². The van der Waals surface area contributed by atoms with Gasteiger partial charge < -0.3 is 16.0 Å². The van der Waals surface area contributed by atoms with Crippen molar-refractivity contribution in [2.24, 2.45) is 11.7 Å². The van der Waals surface area contributed by atoms with Gasteiger partial charge in [0.1, 0.15) is 6.04 Å². The van der Waals surface area contributed by atoms with Crippen LogP contribution in [-0.4, -0.2) is 46.9 Å². The average molecular weight is 467 g/mol. The van der Waals surface area contributed by atoms with E-state index >= 15 is 0 Å². The Labute approximate surface area is 196 Å². The summed E-state index contributed by atoms with van der Waals surface area (Å²) in [5.41, 5.74) is 8.04. The van der Waals surface area contributed by atoms with Crippen LogP contribution in [0.15, 0.2) is 54.7 Å². The third-order valence-corrected chi connectivity index (χ3v) is 5.57. The number of rotatable bonds is 7. The second kappa shape index (κ2) is 12.6. The van der Waals surface area contributed by atoms with E-state index in [4.69, 9.17) is 5.73 Å². The summed E-state index contributed by atoms with van der Waals surface area (Å²) in [5, 5.41) is 3.06. The highest BCUT2D eigenvalue weighted by Crippen LogP contribution is 2.23. The van der Waals surface area contributed by atoms with Crippen molar-refractivity contribution in [1.29, 1.82) is 0 Å². The number of nitrogens with two attached hydrogens (primary N) is 1. The first-order valence-electron chi connectivity index (χ1n) is 10.3. The van der Waals surface area contributed by atoms with Gasteiger partial charge in [-0.25, -0.2) is 0 Å². The lowest BCUT2D eigenvalue weighted by Gasteiger charge is -2.28. The van der Waals surface area contributed by atoms with E-state index in [1.54, 1.807) is 11.1 Å². The van der Waals surface area contributed by atoms with Crippen LogP contribution in [0.4, 0.5) is 0 Å². The summed E-state index contributed by atoms with van der Waals surface area (Å²) in [5.74, 6) is -0.270. The Morgan fingerprint density at radius 3 is 2.42 bits per heavy atom. The fourth-order valence-corrected chi connectivity index (χ4v) is 3.76.